The smallest absolute Gasteiger partial charge is 0.109 e. The van der Waals surface area contributed by atoms with E-state index >= 15 is 0 Å². The third-order valence-corrected chi connectivity index (χ3v) is 3.48. The van der Waals surface area contributed by atoms with Gasteiger partial charge in [0, 0.05) is 18.0 Å². The van der Waals surface area contributed by atoms with E-state index in [1.165, 1.54) is 24.2 Å². The van der Waals surface area contributed by atoms with E-state index in [2.05, 4.69) is 22.5 Å². The van der Waals surface area contributed by atoms with E-state index in [4.69, 9.17) is 11.6 Å². The van der Waals surface area contributed by atoms with Gasteiger partial charge in [-0.15, -0.1) is 0 Å². The van der Waals surface area contributed by atoms with Gasteiger partial charge in [-0.2, -0.15) is 0 Å². The van der Waals surface area contributed by atoms with Gasteiger partial charge in [0.05, 0.1) is 11.0 Å². The average molecular weight is 235 g/mol. The van der Waals surface area contributed by atoms with Crippen molar-refractivity contribution < 1.29 is 0 Å². The molecule has 0 spiro atoms. The first-order valence-corrected chi connectivity index (χ1v) is 6.30. The predicted molar refractivity (Wildman–Crippen MR) is 66.8 cm³/mol. The first kappa shape index (κ1) is 10.2. The normalized spacial score (nSPS) is 15.9. The summed E-state index contributed by atoms with van der Waals surface area (Å²) in [5, 5.41) is 0.770. The van der Waals surface area contributed by atoms with Crippen molar-refractivity contribution in [3.63, 3.8) is 0 Å². The fourth-order valence-electron chi connectivity index (χ4n) is 2.19. The monoisotopic (exact) mass is 234 g/mol. The third kappa shape index (κ3) is 1.71. The summed E-state index contributed by atoms with van der Waals surface area (Å²) in [7, 11) is 0. The Morgan fingerprint density at radius 2 is 2.25 bits per heavy atom. The van der Waals surface area contributed by atoms with Gasteiger partial charge in [-0.25, -0.2) is 4.98 Å². The number of aromatic nitrogens is 2. The van der Waals surface area contributed by atoms with Gasteiger partial charge in [-0.1, -0.05) is 18.5 Å². The fraction of sp³-hybridized carbons (Fsp3) is 0.462. The number of hydrogen-bond donors (Lipinski definition) is 0. The molecule has 3 heteroatoms. The second-order valence-corrected chi connectivity index (χ2v) is 5.01. The molecule has 2 nitrogen and oxygen atoms in total. The maximum absolute atomic E-state index is 5.99. The molecule has 0 saturated heterocycles. The van der Waals surface area contributed by atoms with Crippen LogP contribution in [-0.2, 0) is 13.0 Å². The SMILES string of the molecule is CCc1nc2cc(Cl)ccc2n1CC1CC1. The van der Waals surface area contributed by atoms with Crippen LogP contribution in [0.5, 0.6) is 0 Å². The molecule has 0 bridgehead atoms. The van der Waals surface area contributed by atoms with Crippen molar-refractivity contribution in [1.82, 2.24) is 9.55 Å². The molecule has 1 fully saturated rings. The molecule has 0 unspecified atom stereocenters. The number of aryl methyl sites for hydroxylation is 1. The molecule has 1 aromatic carbocycles. The van der Waals surface area contributed by atoms with Crippen molar-refractivity contribution in [2.75, 3.05) is 0 Å². The molecular formula is C13H15ClN2. The highest BCUT2D eigenvalue weighted by Crippen LogP contribution is 2.32. The lowest BCUT2D eigenvalue weighted by molar-refractivity contribution is 0.614. The number of fused-ring (bicyclic) bond motifs is 1. The van der Waals surface area contributed by atoms with Crippen LogP contribution < -0.4 is 0 Å². The van der Waals surface area contributed by atoms with Crippen molar-refractivity contribution in [3.05, 3.63) is 29.0 Å². The van der Waals surface area contributed by atoms with E-state index in [0.29, 0.717) is 0 Å². The Bertz CT molecular complexity index is 526. The van der Waals surface area contributed by atoms with Gasteiger partial charge >= 0.3 is 0 Å². The van der Waals surface area contributed by atoms with Crippen LogP contribution in [0.3, 0.4) is 0 Å². The molecule has 0 atom stereocenters. The van der Waals surface area contributed by atoms with Gasteiger partial charge in [0.2, 0.25) is 0 Å². The van der Waals surface area contributed by atoms with Gasteiger partial charge in [0.15, 0.2) is 0 Å². The Balaban J connectivity index is 2.13. The molecule has 1 aromatic heterocycles. The molecule has 1 heterocycles. The molecule has 0 N–H and O–H groups in total. The van der Waals surface area contributed by atoms with E-state index < -0.39 is 0 Å². The molecule has 0 radical (unpaired) electrons. The largest absolute Gasteiger partial charge is 0.328 e. The van der Waals surface area contributed by atoms with E-state index in [9.17, 15) is 0 Å². The minimum atomic E-state index is 0.770. The number of rotatable bonds is 3. The zero-order valence-electron chi connectivity index (χ0n) is 9.41. The first-order chi connectivity index (χ1) is 7.78. The van der Waals surface area contributed by atoms with E-state index in [1.54, 1.807) is 0 Å². The number of imidazole rings is 1. The van der Waals surface area contributed by atoms with Crippen molar-refractivity contribution >= 4 is 22.6 Å². The second-order valence-electron chi connectivity index (χ2n) is 4.57. The molecule has 16 heavy (non-hydrogen) atoms. The van der Waals surface area contributed by atoms with E-state index in [-0.39, 0.29) is 0 Å². The van der Waals surface area contributed by atoms with E-state index in [0.717, 1.165) is 29.4 Å². The van der Waals surface area contributed by atoms with Crippen LogP contribution in [-0.4, -0.2) is 9.55 Å². The summed E-state index contributed by atoms with van der Waals surface area (Å²) in [6.45, 7) is 3.29. The van der Waals surface area contributed by atoms with Crippen LogP contribution in [0.4, 0.5) is 0 Å². The number of halogens is 1. The zero-order valence-corrected chi connectivity index (χ0v) is 10.2. The summed E-state index contributed by atoms with van der Waals surface area (Å²) >= 11 is 5.99. The first-order valence-electron chi connectivity index (χ1n) is 5.92. The highest BCUT2D eigenvalue weighted by Gasteiger charge is 2.23. The summed E-state index contributed by atoms with van der Waals surface area (Å²) in [5.74, 6) is 2.06. The maximum Gasteiger partial charge on any atom is 0.109 e. The molecular weight excluding hydrogens is 220 g/mol. The maximum atomic E-state index is 5.99. The van der Waals surface area contributed by atoms with Gasteiger partial charge in [-0.05, 0) is 37.0 Å². The Labute approximate surface area is 100 Å². The number of hydrogen-bond acceptors (Lipinski definition) is 1. The van der Waals surface area contributed by atoms with Gasteiger partial charge in [0.1, 0.15) is 5.82 Å². The summed E-state index contributed by atoms with van der Waals surface area (Å²) in [4.78, 5) is 4.65. The van der Waals surface area contributed by atoms with Crippen LogP contribution in [0, 0.1) is 5.92 Å². The molecule has 84 valence electrons. The predicted octanol–water partition coefficient (Wildman–Crippen LogP) is 3.66. The lowest BCUT2D eigenvalue weighted by atomic mass is 10.3. The van der Waals surface area contributed by atoms with Crippen LogP contribution >= 0.6 is 11.6 Å². The standard InChI is InChI=1S/C13H15ClN2/c1-2-13-15-11-7-10(14)5-6-12(11)16(13)8-9-3-4-9/h5-7,9H,2-4,8H2,1H3. The Morgan fingerprint density at radius 3 is 2.94 bits per heavy atom. The number of benzene rings is 1. The van der Waals surface area contributed by atoms with Gasteiger partial charge in [0.25, 0.3) is 0 Å². The molecule has 1 aliphatic rings. The lowest BCUT2D eigenvalue weighted by Gasteiger charge is -2.06. The Morgan fingerprint density at radius 1 is 1.44 bits per heavy atom. The van der Waals surface area contributed by atoms with Crippen LogP contribution in [0.25, 0.3) is 11.0 Å². The molecule has 1 aliphatic carbocycles. The summed E-state index contributed by atoms with van der Waals surface area (Å²) in [6.07, 6.45) is 3.73. The zero-order chi connectivity index (χ0) is 11.1. The lowest BCUT2D eigenvalue weighted by Crippen LogP contribution is -2.04. The minimum Gasteiger partial charge on any atom is -0.328 e. The molecule has 1 saturated carbocycles. The van der Waals surface area contributed by atoms with Crippen molar-refractivity contribution in [2.45, 2.75) is 32.7 Å². The minimum absolute atomic E-state index is 0.770. The summed E-state index contributed by atoms with van der Waals surface area (Å²) in [6, 6.07) is 6.00. The summed E-state index contributed by atoms with van der Waals surface area (Å²) in [5.41, 5.74) is 2.26. The van der Waals surface area contributed by atoms with Crippen molar-refractivity contribution in [2.24, 2.45) is 5.92 Å². The van der Waals surface area contributed by atoms with Crippen LogP contribution in [0.1, 0.15) is 25.6 Å². The Kier molecular flexibility index (Phi) is 2.40. The van der Waals surface area contributed by atoms with Gasteiger partial charge in [-0.3, -0.25) is 0 Å². The topological polar surface area (TPSA) is 17.8 Å². The van der Waals surface area contributed by atoms with Crippen LogP contribution in [0.15, 0.2) is 18.2 Å². The molecule has 0 amide bonds. The Hall–Kier alpha value is -1.02. The molecule has 0 aliphatic heterocycles. The van der Waals surface area contributed by atoms with Crippen LogP contribution in [0.2, 0.25) is 5.02 Å². The van der Waals surface area contributed by atoms with Crippen molar-refractivity contribution in [3.8, 4) is 0 Å². The summed E-state index contributed by atoms with van der Waals surface area (Å²) < 4.78 is 2.36. The van der Waals surface area contributed by atoms with E-state index in [1.807, 2.05) is 12.1 Å². The fourth-order valence-corrected chi connectivity index (χ4v) is 2.35. The van der Waals surface area contributed by atoms with Gasteiger partial charge < -0.3 is 4.57 Å². The third-order valence-electron chi connectivity index (χ3n) is 3.24. The molecule has 3 rings (SSSR count). The average Bonchev–Trinajstić information content (AvgIpc) is 3.01. The van der Waals surface area contributed by atoms with Crippen molar-refractivity contribution in [1.29, 1.82) is 0 Å². The molecule has 2 aromatic rings. The number of nitrogens with zero attached hydrogens (tertiary/aromatic N) is 2. The quantitative estimate of drug-likeness (QED) is 0.793. The highest BCUT2D eigenvalue weighted by atomic mass is 35.5. The highest BCUT2D eigenvalue weighted by molar-refractivity contribution is 6.31. The second kappa shape index (κ2) is 3.77.